The number of carbonyl (C=O) groups excluding carboxylic acids is 1. The summed E-state index contributed by atoms with van der Waals surface area (Å²) >= 11 is 5.91. The van der Waals surface area contributed by atoms with Crippen LogP contribution in [0.2, 0.25) is 5.02 Å². The van der Waals surface area contributed by atoms with Gasteiger partial charge < -0.3 is 9.47 Å². The standard InChI is InChI=1S/C11H13ClO3/c1-14-6-3-7-15-11-9(8-13)4-2-5-10(11)12/h2,4-5,8H,3,6-7H2,1H3. The average molecular weight is 229 g/mol. The third-order valence-corrected chi connectivity index (χ3v) is 2.16. The van der Waals surface area contributed by atoms with Crippen LogP contribution in [0.5, 0.6) is 5.75 Å². The molecule has 0 aromatic heterocycles. The Labute approximate surface area is 93.9 Å². The van der Waals surface area contributed by atoms with E-state index in [0.717, 1.165) is 12.7 Å². The first-order chi connectivity index (χ1) is 7.29. The summed E-state index contributed by atoms with van der Waals surface area (Å²) < 4.78 is 10.3. The number of para-hydroxylation sites is 1. The molecule has 0 spiro atoms. The molecule has 0 aliphatic carbocycles. The normalized spacial score (nSPS) is 10.0. The van der Waals surface area contributed by atoms with Crippen molar-refractivity contribution in [3.05, 3.63) is 28.8 Å². The molecule has 1 aromatic carbocycles. The van der Waals surface area contributed by atoms with Crippen molar-refractivity contribution < 1.29 is 14.3 Å². The fourth-order valence-electron chi connectivity index (χ4n) is 1.15. The van der Waals surface area contributed by atoms with Gasteiger partial charge in [-0.2, -0.15) is 0 Å². The Morgan fingerprint density at radius 3 is 2.87 bits per heavy atom. The molecule has 0 atom stereocenters. The third-order valence-electron chi connectivity index (χ3n) is 1.86. The number of carbonyl (C=O) groups is 1. The van der Waals surface area contributed by atoms with Crippen LogP contribution in [0.15, 0.2) is 18.2 Å². The molecular weight excluding hydrogens is 216 g/mol. The highest BCUT2D eigenvalue weighted by atomic mass is 35.5. The lowest BCUT2D eigenvalue weighted by Crippen LogP contribution is -2.03. The molecule has 0 fully saturated rings. The summed E-state index contributed by atoms with van der Waals surface area (Å²) in [5.74, 6) is 0.449. The van der Waals surface area contributed by atoms with Crippen LogP contribution in [0.3, 0.4) is 0 Å². The fourth-order valence-corrected chi connectivity index (χ4v) is 1.38. The zero-order chi connectivity index (χ0) is 11.1. The monoisotopic (exact) mass is 228 g/mol. The predicted molar refractivity (Wildman–Crippen MR) is 58.8 cm³/mol. The van der Waals surface area contributed by atoms with Crippen LogP contribution in [0.4, 0.5) is 0 Å². The fraction of sp³-hybridized carbons (Fsp3) is 0.364. The van der Waals surface area contributed by atoms with Crippen molar-refractivity contribution >= 4 is 17.9 Å². The topological polar surface area (TPSA) is 35.5 Å². The second-order valence-corrected chi connectivity index (χ2v) is 3.38. The molecular formula is C11H13ClO3. The lowest BCUT2D eigenvalue weighted by Gasteiger charge is -2.09. The van der Waals surface area contributed by atoms with Gasteiger partial charge in [-0.15, -0.1) is 0 Å². The molecule has 0 unspecified atom stereocenters. The lowest BCUT2D eigenvalue weighted by atomic mass is 10.2. The molecule has 82 valence electrons. The van der Waals surface area contributed by atoms with Crippen molar-refractivity contribution in [2.75, 3.05) is 20.3 Å². The van der Waals surface area contributed by atoms with E-state index in [1.807, 2.05) is 0 Å². The number of methoxy groups -OCH3 is 1. The number of rotatable bonds is 6. The van der Waals surface area contributed by atoms with Crippen LogP contribution in [0.25, 0.3) is 0 Å². The van der Waals surface area contributed by atoms with E-state index in [9.17, 15) is 4.79 Å². The zero-order valence-corrected chi connectivity index (χ0v) is 9.29. The van der Waals surface area contributed by atoms with Gasteiger partial charge >= 0.3 is 0 Å². The van der Waals surface area contributed by atoms with Gasteiger partial charge in [0.05, 0.1) is 17.2 Å². The number of benzene rings is 1. The molecule has 1 aromatic rings. The Balaban J connectivity index is 2.62. The largest absolute Gasteiger partial charge is 0.491 e. The highest BCUT2D eigenvalue weighted by Gasteiger charge is 2.06. The summed E-state index contributed by atoms with van der Waals surface area (Å²) in [5.41, 5.74) is 0.472. The Kier molecular flexibility index (Phi) is 5.15. The lowest BCUT2D eigenvalue weighted by molar-refractivity contribution is 0.111. The molecule has 0 saturated heterocycles. The van der Waals surface area contributed by atoms with Gasteiger partial charge in [0.1, 0.15) is 5.75 Å². The number of hydrogen-bond donors (Lipinski definition) is 0. The Hall–Kier alpha value is -1.06. The second-order valence-electron chi connectivity index (χ2n) is 2.97. The van der Waals surface area contributed by atoms with E-state index in [-0.39, 0.29) is 0 Å². The quantitative estimate of drug-likeness (QED) is 0.555. The van der Waals surface area contributed by atoms with Crippen LogP contribution >= 0.6 is 11.6 Å². The van der Waals surface area contributed by atoms with Crippen LogP contribution in [-0.2, 0) is 4.74 Å². The van der Waals surface area contributed by atoms with Crippen molar-refractivity contribution in [2.45, 2.75) is 6.42 Å². The smallest absolute Gasteiger partial charge is 0.153 e. The highest BCUT2D eigenvalue weighted by molar-refractivity contribution is 6.32. The molecule has 0 N–H and O–H groups in total. The van der Waals surface area contributed by atoms with Gasteiger partial charge in [-0.05, 0) is 12.1 Å². The number of aldehydes is 1. The van der Waals surface area contributed by atoms with Gasteiger partial charge in [-0.1, -0.05) is 17.7 Å². The van der Waals surface area contributed by atoms with Crippen LogP contribution in [-0.4, -0.2) is 26.6 Å². The summed E-state index contributed by atoms with van der Waals surface area (Å²) in [6.07, 6.45) is 1.50. The first kappa shape index (κ1) is 12.0. The summed E-state index contributed by atoms with van der Waals surface area (Å²) in [6.45, 7) is 1.11. The molecule has 0 bridgehead atoms. The van der Waals surface area contributed by atoms with E-state index in [2.05, 4.69) is 0 Å². The zero-order valence-electron chi connectivity index (χ0n) is 8.53. The maximum atomic E-state index is 10.7. The third kappa shape index (κ3) is 3.53. The summed E-state index contributed by atoms with van der Waals surface area (Å²) in [7, 11) is 1.63. The summed E-state index contributed by atoms with van der Waals surface area (Å²) in [4.78, 5) is 10.7. The molecule has 0 heterocycles. The molecule has 0 aliphatic rings. The van der Waals surface area contributed by atoms with Gasteiger partial charge in [0, 0.05) is 20.1 Å². The van der Waals surface area contributed by atoms with Crippen molar-refractivity contribution in [2.24, 2.45) is 0 Å². The Morgan fingerprint density at radius 2 is 2.20 bits per heavy atom. The van der Waals surface area contributed by atoms with E-state index < -0.39 is 0 Å². The van der Waals surface area contributed by atoms with Crippen LogP contribution in [0, 0.1) is 0 Å². The van der Waals surface area contributed by atoms with Crippen molar-refractivity contribution in [3.63, 3.8) is 0 Å². The first-order valence-corrected chi connectivity index (χ1v) is 5.03. The van der Waals surface area contributed by atoms with E-state index in [4.69, 9.17) is 21.1 Å². The Bertz CT molecular complexity index is 326. The van der Waals surface area contributed by atoms with Crippen LogP contribution in [0.1, 0.15) is 16.8 Å². The van der Waals surface area contributed by atoms with Crippen molar-refractivity contribution in [1.82, 2.24) is 0 Å². The van der Waals surface area contributed by atoms with Gasteiger partial charge in [-0.25, -0.2) is 0 Å². The second kappa shape index (κ2) is 6.43. The van der Waals surface area contributed by atoms with Crippen molar-refractivity contribution in [1.29, 1.82) is 0 Å². The van der Waals surface area contributed by atoms with E-state index in [1.165, 1.54) is 0 Å². The molecule has 0 amide bonds. The number of ether oxygens (including phenoxy) is 2. The molecule has 0 radical (unpaired) electrons. The van der Waals surface area contributed by atoms with Gasteiger partial charge in [0.15, 0.2) is 6.29 Å². The summed E-state index contributed by atoms with van der Waals surface area (Å²) in [6, 6.07) is 5.08. The van der Waals surface area contributed by atoms with E-state index >= 15 is 0 Å². The number of hydrogen-bond acceptors (Lipinski definition) is 3. The Morgan fingerprint density at radius 1 is 1.40 bits per heavy atom. The van der Waals surface area contributed by atoms with E-state index in [1.54, 1.807) is 25.3 Å². The average Bonchev–Trinajstić information content (AvgIpc) is 2.26. The molecule has 15 heavy (non-hydrogen) atoms. The molecule has 1 rings (SSSR count). The van der Waals surface area contributed by atoms with E-state index in [0.29, 0.717) is 29.5 Å². The van der Waals surface area contributed by atoms with Gasteiger partial charge in [0.2, 0.25) is 0 Å². The summed E-state index contributed by atoms with van der Waals surface area (Å²) in [5, 5.41) is 0.456. The SMILES string of the molecule is COCCCOc1c(Cl)cccc1C=O. The maximum absolute atomic E-state index is 10.7. The maximum Gasteiger partial charge on any atom is 0.153 e. The highest BCUT2D eigenvalue weighted by Crippen LogP contribution is 2.27. The molecule has 0 aliphatic heterocycles. The van der Waals surface area contributed by atoms with Gasteiger partial charge in [-0.3, -0.25) is 4.79 Å². The molecule has 3 nitrogen and oxygen atoms in total. The predicted octanol–water partition coefficient (Wildman–Crippen LogP) is 2.57. The minimum absolute atomic E-state index is 0.449. The minimum Gasteiger partial charge on any atom is -0.491 e. The van der Waals surface area contributed by atoms with Crippen LogP contribution < -0.4 is 4.74 Å². The first-order valence-electron chi connectivity index (χ1n) is 4.65. The molecule has 4 heteroatoms. The minimum atomic E-state index is 0.449. The number of halogens is 1. The van der Waals surface area contributed by atoms with Gasteiger partial charge in [0.25, 0.3) is 0 Å². The van der Waals surface area contributed by atoms with Crippen molar-refractivity contribution in [3.8, 4) is 5.75 Å². The molecule has 0 saturated carbocycles.